The minimum absolute atomic E-state index is 0.0686. The van der Waals surface area contributed by atoms with Gasteiger partial charge in [0.15, 0.2) is 11.0 Å². The van der Waals surface area contributed by atoms with Gasteiger partial charge >= 0.3 is 0 Å². The van der Waals surface area contributed by atoms with Crippen LogP contribution in [0.4, 0.5) is 14.6 Å². The summed E-state index contributed by atoms with van der Waals surface area (Å²) in [5.74, 6) is 4.51. The van der Waals surface area contributed by atoms with E-state index in [1.165, 1.54) is 37.1 Å². The number of aromatic nitrogens is 3. The zero-order valence-corrected chi connectivity index (χ0v) is 30.0. The average molecular weight is 659 g/mol. The molecule has 2 aliphatic rings. The number of anilines is 1. The molecule has 2 unspecified atom stereocenters. The van der Waals surface area contributed by atoms with Crippen LogP contribution in [0.1, 0.15) is 66.4 Å². The lowest BCUT2D eigenvalue weighted by Crippen LogP contribution is -2.43. The normalized spacial score (nSPS) is 18.2. The second-order valence-electron chi connectivity index (χ2n) is 14.0. The summed E-state index contributed by atoms with van der Waals surface area (Å²) < 4.78 is 38.7. The number of halogens is 2. The second-order valence-corrected chi connectivity index (χ2v) is 20.3. The third-order valence-corrected chi connectivity index (χ3v) is 17.4. The fourth-order valence-corrected chi connectivity index (χ4v) is 14.0. The molecular formula is C37H44F2N4OSSi. The summed E-state index contributed by atoms with van der Waals surface area (Å²) in [6.45, 7) is 15.2. The largest absolute Gasteiger partial charge is 0.480 e. The molecule has 5 nitrogen and oxygen atoms in total. The molecule has 1 saturated heterocycles. The van der Waals surface area contributed by atoms with Gasteiger partial charge in [0.1, 0.15) is 36.3 Å². The van der Waals surface area contributed by atoms with Gasteiger partial charge in [-0.1, -0.05) is 83.5 Å². The van der Waals surface area contributed by atoms with E-state index in [2.05, 4.69) is 62.9 Å². The average Bonchev–Trinajstić information content (AvgIpc) is 3.38. The number of thioether (sulfide) groups is 1. The monoisotopic (exact) mass is 658 g/mol. The molecule has 0 spiro atoms. The van der Waals surface area contributed by atoms with Crippen molar-refractivity contribution in [3.05, 3.63) is 47.5 Å². The Labute approximate surface area is 277 Å². The van der Waals surface area contributed by atoms with Gasteiger partial charge in [-0.3, -0.25) is 0 Å². The van der Waals surface area contributed by atoms with Crippen molar-refractivity contribution in [2.75, 3.05) is 31.4 Å². The number of hydrogen-bond acceptors (Lipinski definition) is 6. The van der Waals surface area contributed by atoms with Crippen molar-refractivity contribution in [3.8, 4) is 28.6 Å². The van der Waals surface area contributed by atoms with Crippen LogP contribution in [-0.2, 0) is 0 Å². The molecule has 4 aromatic rings. The van der Waals surface area contributed by atoms with Crippen molar-refractivity contribution >= 4 is 47.3 Å². The van der Waals surface area contributed by atoms with E-state index in [0.717, 1.165) is 18.5 Å². The standard InChI is InChI=1S/C37H44F2N4OSSi/c1-21(2)46(22(3)4,23(5)6)17-16-27-29(38)15-14-26-10-9-11-28(30(26)27)33-32(39)34-31(36(40-33)44-7)35(42-37(41-34)45-8)43-19-24-12-13-25(18-24)20-43/h9-11,14-15,21-25H,12-13,18-20H2,1-8H3. The molecule has 0 radical (unpaired) electrons. The molecule has 9 heteroatoms. The number of pyridine rings is 1. The topological polar surface area (TPSA) is 51.1 Å². The van der Waals surface area contributed by atoms with Gasteiger partial charge in [0, 0.05) is 24.0 Å². The smallest absolute Gasteiger partial charge is 0.227 e. The van der Waals surface area contributed by atoms with Gasteiger partial charge in [0.25, 0.3) is 0 Å². The lowest BCUT2D eigenvalue weighted by Gasteiger charge is -2.38. The van der Waals surface area contributed by atoms with Crippen LogP contribution in [0.5, 0.6) is 5.88 Å². The maximum Gasteiger partial charge on any atom is 0.227 e. The summed E-state index contributed by atoms with van der Waals surface area (Å²) in [4.78, 5) is 16.6. The molecule has 2 bridgehead atoms. The predicted molar refractivity (Wildman–Crippen MR) is 189 cm³/mol. The number of rotatable bonds is 7. The van der Waals surface area contributed by atoms with E-state index in [-0.39, 0.29) is 22.7 Å². The Hall–Kier alpha value is -3.22. The van der Waals surface area contributed by atoms with Crippen LogP contribution >= 0.6 is 11.8 Å². The highest BCUT2D eigenvalue weighted by atomic mass is 32.2. The number of ether oxygens (including phenoxy) is 1. The summed E-state index contributed by atoms with van der Waals surface area (Å²) in [6, 6.07) is 8.74. The SMILES string of the molecule is COc1nc(-c2cccc3ccc(F)c(C#C[Si](C(C)C)(C(C)C)C(C)C)c23)c(F)c2nc(SC)nc(N3CC4CCC(C4)C3)c12. The molecule has 2 fully saturated rings. The van der Waals surface area contributed by atoms with Gasteiger partial charge in [-0.25, -0.2) is 23.7 Å². The number of methoxy groups -OCH3 is 1. The third-order valence-electron chi connectivity index (χ3n) is 10.5. The quantitative estimate of drug-likeness (QED) is 0.0853. The maximum atomic E-state index is 17.0. The van der Waals surface area contributed by atoms with Crippen LogP contribution in [0.3, 0.4) is 0 Å². The second kappa shape index (κ2) is 12.8. The van der Waals surface area contributed by atoms with E-state index in [4.69, 9.17) is 14.7 Å². The van der Waals surface area contributed by atoms with Gasteiger partial charge in [0.05, 0.1) is 12.7 Å². The molecule has 1 aliphatic heterocycles. The van der Waals surface area contributed by atoms with Gasteiger partial charge in [-0.15, -0.1) is 5.54 Å². The minimum atomic E-state index is -2.18. The van der Waals surface area contributed by atoms with Crippen molar-refractivity contribution in [2.45, 2.75) is 82.6 Å². The van der Waals surface area contributed by atoms with Gasteiger partial charge in [0.2, 0.25) is 5.88 Å². The molecule has 242 valence electrons. The Morgan fingerprint density at radius 1 is 0.913 bits per heavy atom. The Morgan fingerprint density at radius 3 is 2.20 bits per heavy atom. The molecule has 46 heavy (non-hydrogen) atoms. The number of hydrogen-bond donors (Lipinski definition) is 0. The molecule has 1 saturated carbocycles. The molecule has 3 heterocycles. The Bertz CT molecular complexity index is 1830. The first-order chi connectivity index (χ1) is 22.0. The summed E-state index contributed by atoms with van der Waals surface area (Å²) in [7, 11) is -0.635. The highest BCUT2D eigenvalue weighted by Crippen LogP contribution is 2.44. The van der Waals surface area contributed by atoms with E-state index >= 15 is 8.78 Å². The van der Waals surface area contributed by atoms with Gasteiger partial charge in [-0.05, 0) is 65.4 Å². The molecule has 2 aromatic carbocycles. The first kappa shape index (κ1) is 32.7. The fraction of sp³-hybridized carbons (Fsp3) is 0.486. The van der Waals surface area contributed by atoms with E-state index < -0.39 is 19.7 Å². The molecule has 2 atom stereocenters. The number of nitrogens with zero attached hydrogens (tertiary/aromatic N) is 4. The van der Waals surface area contributed by atoms with Crippen LogP contribution in [-0.4, -0.2) is 49.5 Å². The van der Waals surface area contributed by atoms with Crippen molar-refractivity contribution in [3.63, 3.8) is 0 Å². The molecule has 6 rings (SSSR count). The van der Waals surface area contributed by atoms with Gasteiger partial charge < -0.3 is 9.64 Å². The predicted octanol–water partition coefficient (Wildman–Crippen LogP) is 9.66. The number of benzene rings is 2. The molecule has 0 amide bonds. The summed E-state index contributed by atoms with van der Waals surface area (Å²) in [5, 5.41) is 2.29. The summed E-state index contributed by atoms with van der Waals surface area (Å²) in [6.07, 6.45) is 5.56. The van der Waals surface area contributed by atoms with Crippen LogP contribution < -0.4 is 9.64 Å². The summed E-state index contributed by atoms with van der Waals surface area (Å²) in [5.41, 5.74) is 5.82. The fourth-order valence-electron chi connectivity index (χ4n) is 8.41. The number of fused-ring (bicyclic) bond motifs is 4. The van der Waals surface area contributed by atoms with Crippen LogP contribution in [0.25, 0.3) is 32.9 Å². The molecular weight excluding hydrogens is 615 g/mol. The minimum Gasteiger partial charge on any atom is -0.480 e. The van der Waals surface area contributed by atoms with Crippen molar-refractivity contribution in [1.29, 1.82) is 0 Å². The number of piperidine rings is 1. The lowest BCUT2D eigenvalue weighted by atomic mass is 9.96. The lowest BCUT2D eigenvalue weighted by molar-refractivity contribution is 0.400. The van der Waals surface area contributed by atoms with Crippen LogP contribution in [0, 0.1) is 34.9 Å². The maximum absolute atomic E-state index is 17.0. The van der Waals surface area contributed by atoms with Crippen molar-refractivity contribution in [1.82, 2.24) is 15.0 Å². The van der Waals surface area contributed by atoms with Crippen LogP contribution in [0.15, 0.2) is 35.5 Å². The third kappa shape index (κ3) is 5.45. The van der Waals surface area contributed by atoms with Crippen molar-refractivity contribution < 1.29 is 13.5 Å². The van der Waals surface area contributed by atoms with Crippen molar-refractivity contribution in [2.24, 2.45) is 11.8 Å². The van der Waals surface area contributed by atoms with E-state index in [1.54, 1.807) is 19.2 Å². The highest BCUT2D eigenvalue weighted by Gasteiger charge is 2.42. The zero-order chi connectivity index (χ0) is 32.9. The van der Waals surface area contributed by atoms with E-state index in [1.807, 2.05) is 18.4 Å². The molecule has 2 aromatic heterocycles. The van der Waals surface area contributed by atoms with E-state index in [9.17, 15) is 0 Å². The first-order valence-corrected chi connectivity index (χ1v) is 19.9. The van der Waals surface area contributed by atoms with E-state index in [0.29, 0.717) is 55.8 Å². The summed E-state index contributed by atoms with van der Waals surface area (Å²) >= 11 is 1.38. The Kier molecular flexibility index (Phi) is 9.07. The highest BCUT2D eigenvalue weighted by molar-refractivity contribution is 7.98. The van der Waals surface area contributed by atoms with Gasteiger partial charge in [-0.2, -0.15) is 0 Å². The Morgan fingerprint density at radius 2 is 1.59 bits per heavy atom. The van der Waals surface area contributed by atoms with Crippen LogP contribution in [0.2, 0.25) is 16.6 Å². The Balaban J connectivity index is 1.61. The first-order valence-electron chi connectivity index (χ1n) is 16.5. The molecule has 0 N–H and O–H groups in total. The molecule has 1 aliphatic carbocycles. The zero-order valence-electron chi connectivity index (χ0n) is 28.2.